The molecule has 0 spiro atoms. The molecule has 190 valence electrons. The van der Waals surface area contributed by atoms with Crippen LogP contribution in [0.15, 0.2) is 109 Å². The van der Waals surface area contributed by atoms with E-state index in [0.29, 0.717) is 13.2 Å². The number of nitrogens with zero attached hydrogens (tertiary/aromatic N) is 3. The van der Waals surface area contributed by atoms with Gasteiger partial charge in [0.2, 0.25) is 5.95 Å². The molecule has 0 radical (unpaired) electrons. The van der Waals surface area contributed by atoms with E-state index in [9.17, 15) is 0 Å². The van der Waals surface area contributed by atoms with Crippen LogP contribution in [0.1, 0.15) is 46.3 Å². The normalized spacial score (nSPS) is 16.3. The van der Waals surface area contributed by atoms with Gasteiger partial charge in [-0.15, -0.1) is 0 Å². The molecular formula is C32H30N4O2. The monoisotopic (exact) mass is 502 g/mol. The zero-order chi connectivity index (χ0) is 25.7. The number of hydrogen-bond acceptors (Lipinski definition) is 5. The number of benzene rings is 4. The zero-order valence-corrected chi connectivity index (χ0v) is 21.3. The number of fused-ring (bicyclic) bond motifs is 1. The molecule has 0 amide bonds. The highest BCUT2D eigenvalue weighted by Crippen LogP contribution is 2.40. The van der Waals surface area contributed by atoms with Crippen LogP contribution in [-0.2, 0) is 13.2 Å². The van der Waals surface area contributed by atoms with Crippen LogP contribution in [0, 0.1) is 6.92 Å². The average Bonchev–Trinajstić information content (AvgIpc) is 3.45. The Balaban J connectivity index is 1.31. The molecule has 1 N–H and O–H groups in total. The lowest BCUT2D eigenvalue weighted by molar-refractivity contribution is 0.255. The molecule has 38 heavy (non-hydrogen) atoms. The molecule has 1 aliphatic rings. The number of aryl methyl sites for hydroxylation is 1. The third-order valence-electron chi connectivity index (χ3n) is 6.94. The molecule has 1 aromatic heterocycles. The molecule has 1 aliphatic heterocycles. The van der Waals surface area contributed by atoms with Gasteiger partial charge in [0.05, 0.1) is 12.1 Å². The Morgan fingerprint density at radius 3 is 2.08 bits per heavy atom. The Hall–Kier alpha value is -4.58. The van der Waals surface area contributed by atoms with Crippen LogP contribution in [0.4, 0.5) is 5.95 Å². The predicted octanol–water partition coefficient (Wildman–Crippen LogP) is 6.89. The van der Waals surface area contributed by atoms with E-state index < -0.39 is 0 Å². The summed E-state index contributed by atoms with van der Waals surface area (Å²) in [6.07, 6.45) is 2.44. The Morgan fingerprint density at radius 2 is 1.39 bits per heavy atom. The van der Waals surface area contributed by atoms with Crippen LogP contribution in [0.5, 0.6) is 11.5 Å². The van der Waals surface area contributed by atoms with Crippen molar-refractivity contribution in [2.75, 3.05) is 5.32 Å². The second-order valence-electron chi connectivity index (χ2n) is 9.64. The van der Waals surface area contributed by atoms with Crippen molar-refractivity contribution in [3.63, 3.8) is 0 Å². The number of anilines is 1. The van der Waals surface area contributed by atoms with Crippen molar-refractivity contribution in [1.82, 2.24) is 14.8 Å². The summed E-state index contributed by atoms with van der Waals surface area (Å²) in [6.45, 7) is 3.03. The third-order valence-corrected chi connectivity index (χ3v) is 6.94. The van der Waals surface area contributed by atoms with Gasteiger partial charge in [-0.25, -0.2) is 4.68 Å². The minimum Gasteiger partial charge on any atom is -0.485 e. The highest BCUT2D eigenvalue weighted by molar-refractivity contribution is 5.46. The molecule has 5 aromatic rings. The molecule has 0 bridgehead atoms. The standard InChI is InChI=1S/C32H30N4O2/c1-23-12-14-26(15-13-23)28-19-29(36-32(35-28)33-22-34-36)27-16-17-30(37-20-24-8-4-2-5-9-24)31(18-27)38-21-25-10-6-3-7-11-25/h2-18,22,28-29H,19-21H2,1H3,(H,33,34,35)/t28-,29+/m0/s1. The fourth-order valence-corrected chi connectivity index (χ4v) is 4.85. The van der Waals surface area contributed by atoms with Gasteiger partial charge >= 0.3 is 0 Å². The summed E-state index contributed by atoms with van der Waals surface area (Å²) in [7, 11) is 0. The maximum Gasteiger partial charge on any atom is 0.222 e. The summed E-state index contributed by atoms with van der Waals surface area (Å²) < 4.78 is 14.6. The lowest BCUT2D eigenvalue weighted by Gasteiger charge is -2.32. The van der Waals surface area contributed by atoms with E-state index in [1.54, 1.807) is 6.33 Å². The molecule has 0 unspecified atom stereocenters. The lowest BCUT2D eigenvalue weighted by Crippen LogP contribution is -2.28. The first-order valence-corrected chi connectivity index (χ1v) is 12.9. The van der Waals surface area contributed by atoms with Crippen LogP contribution in [0.2, 0.25) is 0 Å². The molecule has 2 atom stereocenters. The summed E-state index contributed by atoms with van der Waals surface area (Å²) in [5.41, 5.74) is 5.79. The molecule has 0 aliphatic carbocycles. The van der Waals surface area contributed by atoms with E-state index in [2.05, 4.69) is 83.0 Å². The van der Waals surface area contributed by atoms with Gasteiger partial charge in [-0.3, -0.25) is 0 Å². The zero-order valence-electron chi connectivity index (χ0n) is 21.3. The molecular weight excluding hydrogens is 472 g/mol. The van der Waals surface area contributed by atoms with Crippen molar-refractivity contribution in [1.29, 1.82) is 0 Å². The van der Waals surface area contributed by atoms with Crippen molar-refractivity contribution >= 4 is 5.95 Å². The minimum atomic E-state index is 0.00213. The highest BCUT2D eigenvalue weighted by atomic mass is 16.5. The summed E-state index contributed by atoms with van der Waals surface area (Å²) in [5.74, 6) is 2.20. The second kappa shape index (κ2) is 10.8. The van der Waals surface area contributed by atoms with Gasteiger partial charge in [0.15, 0.2) is 11.5 Å². The van der Waals surface area contributed by atoms with Gasteiger partial charge in [-0.05, 0) is 47.7 Å². The Labute approximate surface area is 222 Å². The first-order chi connectivity index (χ1) is 18.7. The molecule has 0 fully saturated rings. The van der Waals surface area contributed by atoms with E-state index in [0.717, 1.165) is 40.6 Å². The van der Waals surface area contributed by atoms with Gasteiger partial charge < -0.3 is 14.8 Å². The Morgan fingerprint density at radius 1 is 0.763 bits per heavy atom. The number of rotatable bonds is 8. The third kappa shape index (κ3) is 5.25. The van der Waals surface area contributed by atoms with Crippen LogP contribution >= 0.6 is 0 Å². The number of aromatic nitrogens is 3. The SMILES string of the molecule is Cc1ccc([C@@H]2C[C@H](c3ccc(OCc4ccccc4)c(OCc4ccccc4)c3)n3ncnc3N2)cc1. The molecule has 4 aromatic carbocycles. The number of hydrogen-bond donors (Lipinski definition) is 1. The van der Waals surface area contributed by atoms with Crippen molar-refractivity contribution in [3.8, 4) is 11.5 Å². The fourth-order valence-electron chi connectivity index (χ4n) is 4.85. The second-order valence-corrected chi connectivity index (χ2v) is 9.64. The summed E-state index contributed by atoms with van der Waals surface area (Å²) >= 11 is 0. The molecule has 6 nitrogen and oxygen atoms in total. The van der Waals surface area contributed by atoms with Crippen molar-refractivity contribution < 1.29 is 9.47 Å². The van der Waals surface area contributed by atoms with Gasteiger partial charge in [0.25, 0.3) is 0 Å². The Kier molecular flexibility index (Phi) is 6.77. The largest absolute Gasteiger partial charge is 0.485 e. The first kappa shape index (κ1) is 23.8. The van der Waals surface area contributed by atoms with E-state index in [1.165, 1.54) is 11.1 Å². The van der Waals surface area contributed by atoms with E-state index in [1.807, 2.05) is 47.1 Å². The molecule has 0 saturated heterocycles. The maximum absolute atomic E-state index is 6.35. The topological polar surface area (TPSA) is 61.2 Å². The first-order valence-electron chi connectivity index (χ1n) is 12.9. The van der Waals surface area contributed by atoms with Gasteiger partial charge in [-0.1, -0.05) is 96.6 Å². The van der Waals surface area contributed by atoms with Crippen LogP contribution < -0.4 is 14.8 Å². The quantitative estimate of drug-likeness (QED) is 0.250. The summed E-state index contributed by atoms with van der Waals surface area (Å²) in [4.78, 5) is 4.49. The number of ether oxygens (including phenoxy) is 2. The van der Waals surface area contributed by atoms with E-state index in [-0.39, 0.29) is 12.1 Å². The average molecular weight is 503 g/mol. The Bertz CT molecular complexity index is 1480. The molecule has 6 rings (SSSR count). The van der Waals surface area contributed by atoms with Crippen molar-refractivity contribution in [2.24, 2.45) is 0 Å². The van der Waals surface area contributed by atoms with Crippen LogP contribution in [0.25, 0.3) is 0 Å². The van der Waals surface area contributed by atoms with Crippen LogP contribution in [-0.4, -0.2) is 14.8 Å². The highest BCUT2D eigenvalue weighted by Gasteiger charge is 2.30. The minimum absolute atomic E-state index is 0.00213. The van der Waals surface area contributed by atoms with E-state index in [4.69, 9.17) is 9.47 Å². The maximum atomic E-state index is 6.35. The van der Waals surface area contributed by atoms with Gasteiger partial charge in [-0.2, -0.15) is 10.1 Å². The van der Waals surface area contributed by atoms with Gasteiger partial charge in [0, 0.05) is 0 Å². The van der Waals surface area contributed by atoms with Crippen molar-refractivity contribution in [3.05, 3.63) is 137 Å². The molecule has 0 saturated carbocycles. The smallest absolute Gasteiger partial charge is 0.222 e. The van der Waals surface area contributed by atoms with Crippen LogP contribution in [0.3, 0.4) is 0 Å². The molecule has 6 heteroatoms. The van der Waals surface area contributed by atoms with Gasteiger partial charge in [0.1, 0.15) is 19.5 Å². The summed E-state index contributed by atoms with van der Waals surface area (Å²) in [5, 5.41) is 8.11. The lowest BCUT2D eigenvalue weighted by atomic mass is 9.93. The summed E-state index contributed by atoms with van der Waals surface area (Å²) in [6, 6.07) is 35.4. The number of nitrogens with one attached hydrogen (secondary N) is 1. The fraction of sp³-hybridized carbons (Fsp3) is 0.188. The predicted molar refractivity (Wildman–Crippen MR) is 148 cm³/mol. The van der Waals surface area contributed by atoms with E-state index >= 15 is 0 Å². The molecule has 2 heterocycles. The van der Waals surface area contributed by atoms with Crippen molar-refractivity contribution in [2.45, 2.75) is 38.6 Å².